The summed E-state index contributed by atoms with van der Waals surface area (Å²) >= 11 is 0. The molecule has 0 spiro atoms. The maximum Gasteiger partial charge on any atom is 0.416 e. The van der Waals surface area contributed by atoms with E-state index in [-0.39, 0.29) is 11.9 Å². The first-order valence-corrected chi connectivity index (χ1v) is 4.70. The summed E-state index contributed by atoms with van der Waals surface area (Å²) in [5.74, 6) is -0.903. The fraction of sp³-hybridized carbons (Fsp3) is 0.167. The van der Waals surface area contributed by atoms with E-state index in [9.17, 15) is 22.0 Å². The van der Waals surface area contributed by atoms with Gasteiger partial charge in [-0.2, -0.15) is 13.2 Å². The number of alkyl halides is 3. The molecular formula is C12H9F5. The topological polar surface area (TPSA) is 0 Å². The zero-order valence-corrected chi connectivity index (χ0v) is 8.85. The van der Waals surface area contributed by atoms with Gasteiger partial charge in [-0.15, -0.1) is 0 Å². The van der Waals surface area contributed by atoms with E-state index in [0.29, 0.717) is 18.2 Å². The Kier molecular flexibility index (Phi) is 4.04. The predicted molar refractivity (Wildman–Crippen MR) is 55.3 cm³/mol. The van der Waals surface area contributed by atoms with Crippen molar-refractivity contribution in [3.05, 3.63) is 53.6 Å². The monoisotopic (exact) mass is 248 g/mol. The third-order valence-corrected chi connectivity index (χ3v) is 2.07. The second-order valence-electron chi connectivity index (χ2n) is 3.26. The van der Waals surface area contributed by atoms with Gasteiger partial charge in [0.15, 0.2) is 0 Å². The normalized spacial score (nSPS) is 13.4. The molecule has 0 aliphatic carbocycles. The molecule has 17 heavy (non-hydrogen) atoms. The lowest BCUT2D eigenvalue weighted by molar-refractivity contribution is -0.137. The Hall–Kier alpha value is -1.65. The SMILES string of the molecule is C/C=C\C(=C\F)c1cc(C(F)(F)F)ccc1F. The van der Waals surface area contributed by atoms with E-state index in [0.717, 1.165) is 0 Å². The van der Waals surface area contributed by atoms with Crippen LogP contribution in [0.3, 0.4) is 0 Å². The second kappa shape index (κ2) is 5.12. The van der Waals surface area contributed by atoms with Crippen LogP contribution >= 0.6 is 0 Å². The van der Waals surface area contributed by atoms with Gasteiger partial charge in [-0.1, -0.05) is 12.2 Å². The van der Waals surface area contributed by atoms with E-state index in [2.05, 4.69) is 0 Å². The number of benzene rings is 1. The summed E-state index contributed by atoms with van der Waals surface area (Å²) in [4.78, 5) is 0. The highest BCUT2D eigenvalue weighted by molar-refractivity contribution is 5.73. The Morgan fingerprint density at radius 3 is 2.35 bits per heavy atom. The molecule has 0 saturated heterocycles. The molecule has 0 radical (unpaired) electrons. The molecule has 0 nitrogen and oxygen atoms in total. The molecule has 0 heterocycles. The Morgan fingerprint density at radius 1 is 1.24 bits per heavy atom. The van der Waals surface area contributed by atoms with E-state index >= 15 is 0 Å². The summed E-state index contributed by atoms with van der Waals surface area (Å²) in [7, 11) is 0. The fourth-order valence-corrected chi connectivity index (χ4v) is 1.29. The van der Waals surface area contributed by atoms with Crippen molar-refractivity contribution in [3.8, 4) is 0 Å². The average Bonchev–Trinajstić information content (AvgIpc) is 2.25. The van der Waals surface area contributed by atoms with E-state index in [1.807, 2.05) is 0 Å². The zero-order chi connectivity index (χ0) is 13.1. The lowest BCUT2D eigenvalue weighted by Gasteiger charge is -2.09. The van der Waals surface area contributed by atoms with Gasteiger partial charge in [0, 0.05) is 11.1 Å². The maximum atomic E-state index is 13.3. The molecule has 0 atom stereocenters. The summed E-state index contributed by atoms with van der Waals surface area (Å²) < 4.78 is 63.0. The Bertz CT molecular complexity index is 454. The van der Waals surface area contributed by atoms with Crippen molar-refractivity contribution in [1.82, 2.24) is 0 Å². The van der Waals surface area contributed by atoms with Gasteiger partial charge in [0.25, 0.3) is 0 Å². The number of hydrogen-bond acceptors (Lipinski definition) is 0. The van der Waals surface area contributed by atoms with Crippen molar-refractivity contribution in [3.63, 3.8) is 0 Å². The van der Waals surface area contributed by atoms with Gasteiger partial charge in [0.1, 0.15) is 5.82 Å². The molecule has 0 N–H and O–H groups in total. The minimum Gasteiger partial charge on any atom is -0.215 e. The summed E-state index contributed by atoms with van der Waals surface area (Å²) in [5.41, 5.74) is -1.67. The van der Waals surface area contributed by atoms with Crippen LogP contribution in [0.5, 0.6) is 0 Å². The van der Waals surface area contributed by atoms with Crippen molar-refractivity contribution in [2.45, 2.75) is 13.1 Å². The highest BCUT2D eigenvalue weighted by atomic mass is 19.4. The van der Waals surface area contributed by atoms with Gasteiger partial charge < -0.3 is 0 Å². The quantitative estimate of drug-likeness (QED) is 0.524. The van der Waals surface area contributed by atoms with Gasteiger partial charge in [0.05, 0.1) is 11.9 Å². The Morgan fingerprint density at radius 2 is 1.88 bits per heavy atom. The van der Waals surface area contributed by atoms with Crippen molar-refractivity contribution >= 4 is 5.57 Å². The summed E-state index contributed by atoms with van der Waals surface area (Å²) in [6.07, 6.45) is -1.91. The van der Waals surface area contributed by atoms with Gasteiger partial charge in [-0.05, 0) is 25.1 Å². The minimum absolute atomic E-state index is 0.0680. The Labute approximate surface area is 95.1 Å². The van der Waals surface area contributed by atoms with Gasteiger partial charge in [-0.25, -0.2) is 8.78 Å². The zero-order valence-electron chi connectivity index (χ0n) is 8.85. The van der Waals surface area contributed by atoms with Crippen LogP contribution in [0.2, 0.25) is 0 Å². The first-order valence-electron chi connectivity index (χ1n) is 4.70. The van der Waals surface area contributed by atoms with Crippen LogP contribution in [0.25, 0.3) is 5.57 Å². The van der Waals surface area contributed by atoms with Crippen molar-refractivity contribution in [2.75, 3.05) is 0 Å². The molecule has 0 saturated carbocycles. The molecule has 92 valence electrons. The van der Waals surface area contributed by atoms with Crippen molar-refractivity contribution < 1.29 is 22.0 Å². The molecule has 1 aromatic carbocycles. The largest absolute Gasteiger partial charge is 0.416 e. The smallest absolute Gasteiger partial charge is 0.215 e. The highest BCUT2D eigenvalue weighted by Gasteiger charge is 2.31. The van der Waals surface area contributed by atoms with Crippen molar-refractivity contribution in [1.29, 1.82) is 0 Å². The molecule has 0 bridgehead atoms. The third kappa shape index (κ3) is 3.15. The minimum atomic E-state index is -4.58. The predicted octanol–water partition coefficient (Wildman–Crippen LogP) is 4.73. The summed E-state index contributed by atoms with van der Waals surface area (Å²) in [6.45, 7) is 1.55. The molecule has 0 aliphatic rings. The molecule has 0 amide bonds. The molecule has 0 aromatic heterocycles. The summed E-state index contributed by atoms with van der Waals surface area (Å²) in [5, 5.41) is 0. The first kappa shape index (κ1) is 13.4. The molecule has 0 fully saturated rings. The molecule has 0 unspecified atom stereocenters. The molecule has 0 aliphatic heterocycles. The van der Waals surface area contributed by atoms with E-state index < -0.39 is 23.1 Å². The standard InChI is InChI=1S/C12H9F5/c1-2-3-8(7-13)10-6-9(12(15,16)17)4-5-11(10)14/h2-7H,1H3/b3-2-,8-7-. The summed E-state index contributed by atoms with van der Waals surface area (Å²) in [6, 6.07) is 1.87. The number of halogens is 5. The lowest BCUT2D eigenvalue weighted by atomic mass is 10.0. The molecule has 1 aromatic rings. The van der Waals surface area contributed by atoms with Crippen LogP contribution in [0, 0.1) is 5.82 Å². The van der Waals surface area contributed by atoms with Crippen LogP contribution in [0.1, 0.15) is 18.1 Å². The van der Waals surface area contributed by atoms with Crippen LogP contribution in [0.15, 0.2) is 36.7 Å². The maximum absolute atomic E-state index is 13.3. The molecule has 1 rings (SSSR count). The van der Waals surface area contributed by atoms with Gasteiger partial charge in [-0.3, -0.25) is 0 Å². The van der Waals surface area contributed by atoms with Crippen LogP contribution in [-0.2, 0) is 6.18 Å². The van der Waals surface area contributed by atoms with Gasteiger partial charge >= 0.3 is 6.18 Å². The molecule has 5 heteroatoms. The second-order valence-corrected chi connectivity index (χ2v) is 3.26. The average molecular weight is 248 g/mol. The highest BCUT2D eigenvalue weighted by Crippen LogP contribution is 2.32. The van der Waals surface area contributed by atoms with Gasteiger partial charge in [0.2, 0.25) is 0 Å². The Balaban J connectivity index is 3.33. The van der Waals surface area contributed by atoms with E-state index in [4.69, 9.17) is 0 Å². The van der Waals surface area contributed by atoms with Crippen LogP contribution in [-0.4, -0.2) is 0 Å². The van der Waals surface area contributed by atoms with Crippen LogP contribution < -0.4 is 0 Å². The van der Waals surface area contributed by atoms with E-state index in [1.165, 1.54) is 12.2 Å². The number of rotatable bonds is 2. The lowest BCUT2D eigenvalue weighted by Crippen LogP contribution is -2.06. The van der Waals surface area contributed by atoms with Crippen molar-refractivity contribution in [2.24, 2.45) is 0 Å². The number of hydrogen-bond donors (Lipinski definition) is 0. The first-order chi connectivity index (χ1) is 7.90. The number of allylic oxidation sites excluding steroid dienone is 3. The van der Waals surface area contributed by atoms with Crippen LogP contribution in [0.4, 0.5) is 22.0 Å². The fourth-order valence-electron chi connectivity index (χ4n) is 1.29. The third-order valence-electron chi connectivity index (χ3n) is 2.07. The molecular weight excluding hydrogens is 239 g/mol. The van der Waals surface area contributed by atoms with E-state index in [1.54, 1.807) is 6.92 Å².